The molecule has 0 spiro atoms. The van der Waals surface area contributed by atoms with Crippen LogP contribution in [0.1, 0.15) is 157 Å². The Hall–Kier alpha value is -0.870. The summed E-state index contributed by atoms with van der Waals surface area (Å²) in [6, 6.07) is 0. The second-order valence-corrected chi connectivity index (χ2v) is 21.9. The summed E-state index contributed by atoms with van der Waals surface area (Å²) in [4.78, 5) is 15.0. The lowest BCUT2D eigenvalue weighted by Gasteiger charge is -2.66. The average Bonchev–Trinajstić information content (AvgIpc) is 3.93. The van der Waals surface area contributed by atoms with E-state index in [1.807, 2.05) is 6.92 Å². The molecule has 8 nitrogen and oxygen atoms in total. The molecule has 0 amide bonds. The van der Waals surface area contributed by atoms with Crippen LogP contribution in [0.3, 0.4) is 0 Å². The van der Waals surface area contributed by atoms with E-state index in [2.05, 4.69) is 33.0 Å². The lowest BCUT2D eigenvalue weighted by molar-refractivity contribution is -0.201. The van der Waals surface area contributed by atoms with Crippen molar-refractivity contribution in [2.45, 2.75) is 198 Å². The molecular formula is C46H74N2O6. The van der Waals surface area contributed by atoms with Crippen LogP contribution in [-0.4, -0.2) is 75.5 Å². The van der Waals surface area contributed by atoms with Gasteiger partial charge < -0.3 is 35.8 Å². The first-order valence-electron chi connectivity index (χ1n) is 22.8. The summed E-state index contributed by atoms with van der Waals surface area (Å²) in [5.74, 6) is 2.04. The van der Waals surface area contributed by atoms with Crippen molar-refractivity contribution in [2.24, 2.45) is 63.4 Å². The van der Waals surface area contributed by atoms with Gasteiger partial charge >= 0.3 is 0 Å². The second-order valence-electron chi connectivity index (χ2n) is 21.9. The second kappa shape index (κ2) is 13.3. The highest BCUT2D eigenvalue weighted by Gasteiger charge is 2.78. The van der Waals surface area contributed by atoms with Gasteiger partial charge in [-0.15, -0.1) is 0 Å². The summed E-state index contributed by atoms with van der Waals surface area (Å²) in [5.41, 5.74) is 4.68. The highest BCUT2D eigenvalue weighted by molar-refractivity contribution is 6.00. The average molecular weight is 751 g/mol. The number of aliphatic hydroxyl groups excluding tert-OH is 1. The number of allylic oxidation sites excluding steroid dienone is 1. The highest BCUT2D eigenvalue weighted by atomic mass is 16.6. The van der Waals surface area contributed by atoms with Crippen molar-refractivity contribution in [1.82, 2.24) is 5.32 Å². The van der Waals surface area contributed by atoms with E-state index in [4.69, 9.17) is 15.2 Å². The highest BCUT2D eigenvalue weighted by Crippen LogP contribution is 2.76. The standard InChI is InChI=1S/C46H74N2O6/c1-27-17-22-53-45(26-27,40-39(54-40)43(5,51)41(2,3)18-13-28-16-21-48-36(47)23-28)35-24-30-11-12-32-37-33(15-19-42(35,4)46(30,37)52)44(29-9-7-6-8-10-29)20-14-31(49)25-34(44)38(32)50/h27-31,33-36,39-40,48-49,51-52H,6-26,47H2,1-5H3/t27-,28?,30-,31-,33-,34-,35+,36?,39-,40+,42+,43-,44+,45+,46+/m0/s1. The number of ether oxygens (including phenoxy) is 2. The van der Waals surface area contributed by atoms with Gasteiger partial charge in [0.15, 0.2) is 5.78 Å². The van der Waals surface area contributed by atoms with Crippen molar-refractivity contribution < 1.29 is 29.6 Å². The first kappa shape index (κ1) is 38.6. The van der Waals surface area contributed by atoms with E-state index >= 15 is 0 Å². The van der Waals surface area contributed by atoms with Gasteiger partial charge in [-0.25, -0.2) is 0 Å². The Labute approximate surface area is 325 Å². The monoisotopic (exact) mass is 751 g/mol. The van der Waals surface area contributed by atoms with E-state index < -0.39 is 28.3 Å². The molecule has 3 heterocycles. The van der Waals surface area contributed by atoms with Gasteiger partial charge in [0.25, 0.3) is 0 Å². The van der Waals surface area contributed by atoms with E-state index in [1.54, 1.807) is 0 Å². The van der Waals surface area contributed by atoms with Crippen LogP contribution < -0.4 is 11.1 Å². The Morgan fingerprint density at radius 3 is 2.46 bits per heavy atom. The zero-order valence-corrected chi connectivity index (χ0v) is 34.3. The third kappa shape index (κ3) is 5.41. The van der Waals surface area contributed by atoms with Crippen LogP contribution >= 0.6 is 0 Å². The maximum atomic E-state index is 15.0. The number of hydrogen-bond acceptors (Lipinski definition) is 8. The Kier molecular flexibility index (Phi) is 9.53. The number of aliphatic hydroxyl groups is 3. The number of piperidine rings is 1. The number of fused-ring (bicyclic) bond motifs is 2. The van der Waals surface area contributed by atoms with Crippen molar-refractivity contribution in [1.29, 1.82) is 0 Å². The number of nitrogens with two attached hydrogens (primary N) is 1. The number of ketones is 1. The molecule has 0 aromatic heterocycles. The Morgan fingerprint density at radius 1 is 0.944 bits per heavy atom. The van der Waals surface area contributed by atoms with Gasteiger partial charge in [-0.1, -0.05) is 47.0 Å². The molecule has 9 rings (SSSR count). The van der Waals surface area contributed by atoms with Gasteiger partial charge in [0.05, 0.1) is 23.5 Å². The molecule has 6 aliphatic carbocycles. The van der Waals surface area contributed by atoms with Crippen LogP contribution in [0.15, 0.2) is 11.1 Å². The maximum Gasteiger partial charge on any atom is 0.162 e. The van der Waals surface area contributed by atoms with Crippen LogP contribution in [0.25, 0.3) is 0 Å². The summed E-state index contributed by atoms with van der Waals surface area (Å²) in [5, 5.41) is 40.8. The molecule has 2 unspecified atom stereocenters. The molecule has 0 aromatic carbocycles. The number of Topliss-reactive ketones (excluding diaryl/α,β-unsaturated/α-hetero) is 1. The fourth-order valence-electron chi connectivity index (χ4n) is 15.7. The van der Waals surface area contributed by atoms with Crippen LogP contribution in [0.2, 0.25) is 0 Å². The van der Waals surface area contributed by atoms with Gasteiger partial charge in [0, 0.05) is 17.9 Å². The molecule has 7 fully saturated rings. The molecule has 3 aliphatic heterocycles. The van der Waals surface area contributed by atoms with Crippen LogP contribution in [0.5, 0.6) is 0 Å². The number of nitrogens with one attached hydrogen (secondary N) is 1. The van der Waals surface area contributed by atoms with E-state index in [0.29, 0.717) is 30.8 Å². The van der Waals surface area contributed by atoms with Gasteiger partial charge in [-0.3, -0.25) is 4.79 Å². The van der Waals surface area contributed by atoms with Crippen LogP contribution in [0.4, 0.5) is 0 Å². The summed E-state index contributed by atoms with van der Waals surface area (Å²) in [6.07, 6.45) is 17.8. The lowest BCUT2D eigenvalue weighted by atomic mass is 9.39. The molecule has 15 atom stereocenters. The molecule has 304 valence electrons. The minimum atomic E-state index is -1.05. The molecule has 0 bridgehead atoms. The van der Waals surface area contributed by atoms with Crippen molar-refractivity contribution in [3.05, 3.63) is 11.1 Å². The molecule has 8 heteroatoms. The smallest absolute Gasteiger partial charge is 0.162 e. The summed E-state index contributed by atoms with van der Waals surface area (Å²) in [7, 11) is 0. The lowest BCUT2D eigenvalue weighted by Crippen LogP contribution is -2.67. The maximum absolute atomic E-state index is 15.0. The third-order valence-electron chi connectivity index (χ3n) is 19.1. The quantitative estimate of drug-likeness (QED) is 0.168. The summed E-state index contributed by atoms with van der Waals surface area (Å²) >= 11 is 0. The minimum absolute atomic E-state index is 0.0588. The molecule has 3 saturated heterocycles. The summed E-state index contributed by atoms with van der Waals surface area (Å²) in [6.45, 7) is 12.8. The number of epoxide rings is 1. The Balaban J connectivity index is 1.06. The summed E-state index contributed by atoms with van der Waals surface area (Å²) < 4.78 is 14.0. The number of rotatable bonds is 8. The zero-order chi connectivity index (χ0) is 38.1. The first-order valence-corrected chi connectivity index (χ1v) is 22.8. The van der Waals surface area contributed by atoms with Gasteiger partial charge in [0.2, 0.25) is 0 Å². The fraction of sp³-hybridized carbons (Fsp3) is 0.935. The minimum Gasteiger partial charge on any atom is -0.393 e. The Morgan fingerprint density at radius 2 is 1.72 bits per heavy atom. The van der Waals surface area contributed by atoms with Crippen molar-refractivity contribution >= 4 is 5.78 Å². The molecule has 4 saturated carbocycles. The number of carbonyl (C=O) groups is 1. The number of hydrogen-bond donors (Lipinski definition) is 5. The fourth-order valence-corrected chi connectivity index (χ4v) is 15.7. The molecule has 0 aromatic rings. The van der Waals surface area contributed by atoms with Crippen molar-refractivity contribution in [3.63, 3.8) is 0 Å². The topological polar surface area (TPSA) is 138 Å². The SMILES string of the molecule is C[C@H]1CCO[C@@]([C@@H]2O[C@@H]2[C@](C)(O)C(C)(C)CCC2CCNC(N)C2)([C@@H]2C[C@@H]3CCC4=C5[C@H](CC[C@@]2(C)[C@]53O)[C@]2(C3CCCCC3)CC[C@H](O)C[C@H]2C4=O)C1. The van der Waals surface area contributed by atoms with Crippen LogP contribution in [-0.2, 0) is 14.3 Å². The molecule has 6 N–H and O–H groups in total. The molecule has 0 radical (unpaired) electrons. The van der Waals surface area contributed by atoms with Gasteiger partial charge in [0.1, 0.15) is 17.8 Å². The third-order valence-corrected chi connectivity index (χ3v) is 19.1. The normalized spacial score (nSPS) is 50.6. The molecular weight excluding hydrogens is 677 g/mol. The predicted molar refractivity (Wildman–Crippen MR) is 209 cm³/mol. The molecule has 54 heavy (non-hydrogen) atoms. The van der Waals surface area contributed by atoms with E-state index in [-0.39, 0.29) is 58.7 Å². The van der Waals surface area contributed by atoms with Crippen LogP contribution in [0, 0.1) is 57.7 Å². The number of carbonyl (C=O) groups excluding carboxylic acids is 1. The van der Waals surface area contributed by atoms with E-state index in [0.717, 1.165) is 101 Å². The molecule has 9 aliphatic rings. The Bertz CT molecular complexity index is 1510. The van der Waals surface area contributed by atoms with E-state index in [9.17, 15) is 20.1 Å². The van der Waals surface area contributed by atoms with Crippen molar-refractivity contribution in [3.8, 4) is 0 Å². The van der Waals surface area contributed by atoms with E-state index in [1.165, 1.54) is 32.1 Å². The largest absolute Gasteiger partial charge is 0.393 e. The zero-order valence-electron chi connectivity index (χ0n) is 34.3. The predicted octanol–water partition coefficient (Wildman–Crippen LogP) is 6.97. The van der Waals surface area contributed by atoms with Gasteiger partial charge in [-0.05, 0) is 174 Å². The first-order chi connectivity index (χ1) is 25.6. The van der Waals surface area contributed by atoms with Crippen molar-refractivity contribution in [2.75, 3.05) is 13.2 Å². The van der Waals surface area contributed by atoms with Gasteiger partial charge in [-0.2, -0.15) is 0 Å².